The van der Waals surface area contributed by atoms with Crippen LogP contribution in [0.3, 0.4) is 0 Å². The lowest BCUT2D eigenvalue weighted by Gasteiger charge is -2.06. The molecule has 18 heavy (non-hydrogen) atoms. The van der Waals surface area contributed by atoms with Crippen LogP contribution in [0.1, 0.15) is 27.6 Å². The molecule has 0 spiro atoms. The van der Waals surface area contributed by atoms with Crippen LogP contribution in [0.2, 0.25) is 0 Å². The third kappa shape index (κ3) is 2.83. The van der Waals surface area contributed by atoms with E-state index in [9.17, 15) is 19.7 Å². The zero-order chi connectivity index (χ0) is 13.9. The highest BCUT2D eigenvalue weighted by Crippen LogP contribution is 2.29. The van der Waals surface area contributed by atoms with Crippen LogP contribution in [-0.2, 0) is 4.74 Å². The molecular formula is C10H8BrNO6. The van der Waals surface area contributed by atoms with Crippen LogP contribution in [0.25, 0.3) is 0 Å². The Kier molecular flexibility index (Phi) is 4.38. The third-order valence-corrected chi connectivity index (χ3v) is 2.64. The molecule has 0 aliphatic rings. The summed E-state index contributed by atoms with van der Waals surface area (Å²) in [7, 11) is 0. The number of hydrogen-bond acceptors (Lipinski definition) is 5. The predicted octanol–water partition coefficient (Wildman–Crippen LogP) is 2.23. The van der Waals surface area contributed by atoms with Crippen molar-refractivity contribution in [3.05, 3.63) is 37.8 Å². The lowest BCUT2D eigenvalue weighted by atomic mass is 10.1. The summed E-state index contributed by atoms with van der Waals surface area (Å²) in [5, 5.41) is 19.6. The molecule has 0 aliphatic carbocycles. The SMILES string of the molecule is CCOC(=O)c1cc([N+](=O)[O-])c(Br)cc1C(=O)O. The average Bonchev–Trinajstić information content (AvgIpc) is 2.28. The first-order valence-electron chi connectivity index (χ1n) is 4.76. The minimum absolute atomic E-state index is 0.0158. The van der Waals surface area contributed by atoms with Gasteiger partial charge in [-0.1, -0.05) is 0 Å². The molecule has 0 saturated carbocycles. The van der Waals surface area contributed by atoms with Gasteiger partial charge in [0.25, 0.3) is 5.69 Å². The zero-order valence-corrected chi connectivity index (χ0v) is 10.8. The van der Waals surface area contributed by atoms with Gasteiger partial charge >= 0.3 is 11.9 Å². The number of nitro groups is 1. The number of nitro benzene ring substituents is 1. The Morgan fingerprint density at radius 3 is 2.50 bits per heavy atom. The van der Waals surface area contributed by atoms with Crippen LogP contribution in [0.4, 0.5) is 5.69 Å². The number of halogens is 1. The number of ether oxygens (including phenoxy) is 1. The molecule has 0 atom stereocenters. The van der Waals surface area contributed by atoms with Crippen LogP contribution in [0.15, 0.2) is 16.6 Å². The Morgan fingerprint density at radius 1 is 1.44 bits per heavy atom. The highest BCUT2D eigenvalue weighted by Gasteiger charge is 2.24. The van der Waals surface area contributed by atoms with E-state index < -0.39 is 22.5 Å². The molecule has 0 bridgehead atoms. The number of hydrogen-bond donors (Lipinski definition) is 1. The van der Waals surface area contributed by atoms with E-state index in [1.807, 2.05) is 0 Å². The van der Waals surface area contributed by atoms with Crippen molar-refractivity contribution >= 4 is 33.6 Å². The van der Waals surface area contributed by atoms with E-state index >= 15 is 0 Å². The van der Waals surface area contributed by atoms with Gasteiger partial charge in [0.1, 0.15) is 0 Å². The van der Waals surface area contributed by atoms with E-state index in [0.717, 1.165) is 12.1 Å². The van der Waals surface area contributed by atoms with E-state index in [1.165, 1.54) is 0 Å². The van der Waals surface area contributed by atoms with Crippen molar-refractivity contribution in [1.82, 2.24) is 0 Å². The maximum absolute atomic E-state index is 11.5. The van der Waals surface area contributed by atoms with E-state index in [0.29, 0.717) is 0 Å². The second-order valence-corrected chi connectivity index (χ2v) is 3.99. The number of rotatable bonds is 4. The molecule has 7 nitrogen and oxygen atoms in total. The fourth-order valence-electron chi connectivity index (χ4n) is 1.26. The molecule has 0 aromatic heterocycles. The van der Waals surface area contributed by atoms with Crippen LogP contribution in [0, 0.1) is 10.1 Å². The maximum atomic E-state index is 11.5. The van der Waals surface area contributed by atoms with Crippen LogP contribution < -0.4 is 0 Å². The minimum Gasteiger partial charge on any atom is -0.478 e. The summed E-state index contributed by atoms with van der Waals surface area (Å²) >= 11 is 2.88. The lowest BCUT2D eigenvalue weighted by molar-refractivity contribution is -0.385. The summed E-state index contributed by atoms with van der Waals surface area (Å²) in [5.41, 5.74) is -1.10. The van der Waals surface area contributed by atoms with E-state index in [1.54, 1.807) is 6.92 Å². The number of esters is 1. The molecule has 0 saturated heterocycles. The number of carbonyl (C=O) groups excluding carboxylic acids is 1. The number of aromatic carboxylic acids is 1. The molecule has 1 aromatic carbocycles. The standard InChI is InChI=1S/C10H8BrNO6/c1-2-18-10(15)6-4-8(12(16)17)7(11)3-5(6)9(13)14/h3-4H,2H2,1H3,(H,13,14). The van der Waals surface area contributed by atoms with Crippen LogP contribution in [0.5, 0.6) is 0 Å². The highest BCUT2D eigenvalue weighted by molar-refractivity contribution is 9.10. The summed E-state index contributed by atoms with van der Waals surface area (Å²) in [4.78, 5) is 32.5. The average molecular weight is 318 g/mol. The quantitative estimate of drug-likeness (QED) is 0.518. The van der Waals surface area contributed by atoms with Gasteiger partial charge in [-0.3, -0.25) is 10.1 Å². The largest absolute Gasteiger partial charge is 0.478 e. The number of nitrogens with zero attached hydrogens (tertiary/aromatic N) is 1. The Balaban J connectivity index is 3.44. The summed E-state index contributed by atoms with van der Waals surface area (Å²) in [6.07, 6.45) is 0. The van der Waals surface area contributed by atoms with E-state index in [-0.39, 0.29) is 22.2 Å². The first kappa shape index (κ1) is 14.1. The van der Waals surface area contributed by atoms with Gasteiger partial charge in [-0.2, -0.15) is 0 Å². The molecule has 1 aromatic rings. The molecule has 0 heterocycles. The number of carboxylic acid groups (broad SMARTS) is 1. The summed E-state index contributed by atoms with van der Waals surface area (Å²) in [6, 6.07) is 1.89. The van der Waals surface area contributed by atoms with Gasteiger partial charge in [0.05, 0.1) is 27.1 Å². The monoisotopic (exact) mass is 317 g/mol. The summed E-state index contributed by atoms with van der Waals surface area (Å²) in [6.45, 7) is 1.59. The van der Waals surface area contributed by atoms with Crippen molar-refractivity contribution in [3.63, 3.8) is 0 Å². The van der Waals surface area contributed by atoms with Gasteiger partial charge in [-0.25, -0.2) is 9.59 Å². The smallest absolute Gasteiger partial charge is 0.339 e. The molecular weight excluding hydrogens is 310 g/mol. The van der Waals surface area contributed by atoms with E-state index in [4.69, 9.17) is 5.11 Å². The van der Waals surface area contributed by atoms with Crippen LogP contribution in [-0.4, -0.2) is 28.6 Å². The highest BCUT2D eigenvalue weighted by atomic mass is 79.9. The van der Waals surface area contributed by atoms with Crippen molar-refractivity contribution in [2.24, 2.45) is 0 Å². The molecule has 1 rings (SSSR count). The number of carboxylic acids is 1. The summed E-state index contributed by atoms with van der Waals surface area (Å²) < 4.78 is 4.64. The molecule has 8 heteroatoms. The third-order valence-electron chi connectivity index (χ3n) is 2.01. The van der Waals surface area contributed by atoms with Gasteiger partial charge < -0.3 is 9.84 Å². The number of benzene rings is 1. The van der Waals surface area contributed by atoms with E-state index in [2.05, 4.69) is 20.7 Å². The summed E-state index contributed by atoms with van der Waals surface area (Å²) in [5.74, 6) is -2.28. The first-order chi connectivity index (χ1) is 8.38. The number of carbonyl (C=O) groups is 2. The Morgan fingerprint density at radius 2 is 2.06 bits per heavy atom. The van der Waals surface area contributed by atoms with Crippen molar-refractivity contribution in [2.45, 2.75) is 6.92 Å². The van der Waals surface area contributed by atoms with Crippen LogP contribution >= 0.6 is 15.9 Å². The normalized spacial score (nSPS) is 9.89. The molecule has 0 unspecified atom stereocenters. The first-order valence-corrected chi connectivity index (χ1v) is 5.56. The predicted molar refractivity (Wildman–Crippen MR) is 63.7 cm³/mol. The topological polar surface area (TPSA) is 107 Å². The van der Waals surface area contributed by atoms with Crippen molar-refractivity contribution in [3.8, 4) is 0 Å². The van der Waals surface area contributed by atoms with Gasteiger partial charge in [-0.15, -0.1) is 0 Å². The van der Waals surface area contributed by atoms with Gasteiger partial charge in [-0.05, 0) is 28.9 Å². The van der Waals surface area contributed by atoms with Gasteiger partial charge in [0, 0.05) is 6.07 Å². The second kappa shape index (κ2) is 5.58. The van der Waals surface area contributed by atoms with Gasteiger partial charge in [0.2, 0.25) is 0 Å². The molecule has 0 aliphatic heterocycles. The Labute approximate surface area is 110 Å². The second-order valence-electron chi connectivity index (χ2n) is 3.13. The van der Waals surface area contributed by atoms with Crippen molar-refractivity contribution < 1.29 is 24.4 Å². The van der Waals surface area contributed by atoms with Gasteiger partial charge in [0.15, 0.2) is 0 Å². The Hall–Kier alpha value is -1.96. The molecule has 96 valence electrons. The molecule has 1 N–H and O–H groups in total. The van der Waals surface area contributed by atoms with Crippen molar-refractivity contribution in [1.29, 1.82) is 0 Å². The fraction of sp³-hybridized carbons (Fsp3) is 0.200. The maximum Gasteiger partial charge on any atom is 0.339 e. The minimum atomic E-state index is -1.37. The Bertz CT molecular complexity index is 527. The van der Waals surface area contributed by atoms with Crippen molar-refractivity contribution in [2.75, 3.05) is 6.61 Å². The molecule has 0 amide bonds. The lowest BCUT2D eigenvalue weighted by Crippen LogP contribution is -2.12. The molecule has 0 radical (unpaired) electrons. The molecule has 0 fully saturated rings. The zero-order valence-electron chi connectivity index (χ0n) is 9.18. The fourth-order valence-corrected chi connectivity index (χ4v) is 1.74.